The van der Waals surface area contributed by atoms with Crippen molar-refractivity contribution in [1.82, 2.24) is 31.9 Å². The van der Waals surface area contributed by atoms with Crippen LogP contribution in [0.15, 0.2) is 30.5 Å². The fraction of sp³-hybridized carbons (Fsp3) is 0.389. The molecular weight excluding hydrogens is 372 g/mol. The predicted octanol–water partition coefficient (Wildman–Crippen LogP) is 0.117. The van der Waals surface area contributed by atoms with E-state index >= 15 is 0 Å². The quantitative estimate of drug-likeness (QED) is 0.335. The molecule has 2 atom stereocenters. The number of benzene rings is 1. The SMILES string of the molecule is NC(=O)c1cnc(NC2CCCC[C@@H]2N)nc1Nc1ccc(C2NNNN2)cc1. The summed E-state index contributed by atoms with van der Waals surface area (Å²) in [6, 6.07) is 7.88. The van der Waals surface area contributed by atoms with Crippen molar-refractivity contribution in [3.63, 3.8) is 0 Å². The minimum atomic E-state index is -0.596. The third-order valence-corrected chi connectivity index (χ3v) is 5.19. The predicted molar refractivity (Wildman–Crippen MR) is 109 cm³/mol. The minimum absolute atomic E-state index is 0.0558. The zero-order chi connectivity index (χ0) is 20.2. The molecule has 2 heterocycles. The first-order valence-corrected chi connectivity index (χ1v) is 9.67. The van der Waals surface area contributed by atoms with E-state index in [1.807, 2.05) is 24.3 Å². The van der Waals surface area contributed by atoms with Gasteiger partial charge in [0.25, 0.3) is 5.91 Å². The Hall–Kier alpha value is -2.83. The van der Waals surface area contributed by atoms with Gasteiger partial charge in [0.05, 0.1) is 0 Å². The Morgan fingerprint density at radius 2 is 1.83 bits per heavy atom. The number of carbonyl (C=O) groups excluding carboxylic acids is 1. The molecule has 4 rings (SSSR count). The summed E-state index contributed by atoms with van der Waals surface area (Å²) in [7, 11) is 0. The van der Waals surface area contributed by atoms with Crippen LogP contribution in [0.25, 0.3) is 0 Å². The van der Waals surface area contributed by atoms with Crippen molar-refractivity contribution < 1.29 is 4.79 Å². The monoisotopic (exact) mass is 398 g/mol. The van der Waals surface area contributed by atoms with Crippen LogP contribution < -0.4 is 44.0 Å². The van der Waals surface area contributed by atoms with Gasteiger partial charge in [-0.05, 0) is 30.5 Å². The van der Waals surface area contributed by atoms with Crippen molar-refractivity contribution in [3.05, 3.63) is 41.6 Å². The maximum Gasteiger partial charge on any atom is 0.254 e. The number of anilines is 3. The third kappa shape index (κ3) is 4.60. The molecule has 11 heteroatoms. The van der Waals surface area contributed by atoms with Crippen LogP contribution >= 0.6 is 0 Å². The lowest BCUT2D eigenvalue weighted by Gasteiger charge is -2.29. The molecule has 2 aliphatic rings. The second-order valence-corrected chi connectivity index (χ2v) is 7.24. The number of carbonyl (C=O) groups is 1. The fourth-order valence-electron chi connectivity index (χ4n) is 3.55. The number of nitrogens with two attached hydrogens (primary N) is 2. The smallest absolute Gasteiger partial charge is 0.254 e. The van der Waals surface area contributed by atoms with Gasteiger partial charge in [-0.15, -0.1) is 0 Å². The second-order valence-electron chi connectivity index (χ2n) is 7.24. The van der Waals surface area contributed by atoms with Gasteiger partial charge in [0.2, 0.25) is 5.95 Å². The van der Waals surface area contributed by atoms with E-state index in [2.05, 4.69) is 42.5 Å². The van der Waals surface area contributed by atoms with Gasteiger partial charge in [-0.3, -0.25) is 4.79 Å². The first-order chi connectivity index (χ1) is 14.1. The highest BCUT2D eigenvalue weighted by atomic mass is 16.1. The molecule has 0 radical (unpaired) electrons. The van der Waals surface area contributed by atoms with Crippen LogP contribution in [-0.2, 0) is 0 Å². The topological polar surface area (TPSA) is 167 Å². The molecule has 1 aliphatic heterocycles. The van der Waals surface area contributed by atoms with E-state index < -0.39 is 5.91 Å². The van der Waals surface area contributed by atoms with Crippen LogP contribution in [0.5, 0.6) is 0 Å². The molecule has 10 N–H and O–H groups in total. The molecular formula is C18H26N10O. The van der Waals surface area contributed by atoms with Gasteiger partial charge in [-0.25, -0.2) is 15.8 Å². The normalized spacial score (nSPS) is 22.4. The number of primary amides is 1. The van der Waals surface area contributed by atoms with Crippen molar-refractivity contribution in [1.29, 1.82) is 0 Å². The highest BCUT2D eigenvalue weighted by molar-refractivity contribution is 5.98. The lowest BCUT2D eigenvalue weighted by molar-refractivity contribution is 0.100. The Morgan fingerprint density at radius 3 is 2.52 bits per heavy atom. The minimum Gasteiger partial charge on any atom is -0.365 e. The second kappa shape index (κ2) is 8.68. The highest BCUT2D eigenvalue weighted by Gasteiger charge is 2.23. The van der Waals surface area contributed by atoms with Gasteiger partial charge in [0.1, 0.15) is 17.5 Å². The van der Waals surface area contributed by atoms with Gasteiger partial charge in [0, 0.05) is 24.0 Å². The Bertz CT molecular complexity index is 852. The van der Waals surface area contributed by atoms with Crippen LogP contribution in [0.1, 0.15) is 47.8 Å². The number of aromatic nitrogens is 2. The summed E-state index contributed by atoms with van der Waals surface area (Å²) in [4.78, 5) is 20.6. The van der Waals surface area contributed by atoms with E-state index in [9.17, 15) is 4.79 Å². The molecule has 29 heavy (non-hydrogen) atoms. The summed E-state index contributed by atoms with van der Waals surface area (Å²) >= 11 is 0. The standard InChI is InChI=1S/C18H26N10O/c19-13-3-1-2-4-14(13)23-18-21-9-12(15(20)29)17(24-18)22-11-7-5-10(6-8-11)16-25-27-28-26-16/h5-9,13-14,16,25-28H,1-4,19H2,(H2,20,29)(H2,21,22,23,24)/t13-,14?/m0/s1. The van der Waals surface area contributed by atoms with Crippen LogP contribution in [0.3, 0.4) is 0 Å². The number of rotatable bonds is 6. The highest BCUT2D eigenvalue weighted by Crippen LogP contribution is 2.24. The molecule has 2 fully saturated rings. The van der Waals surface area contributed by atoms with E-state index in [1.165, 1.54) is 6.20 Å². The molecule has 1 saturated heterocycles. The zero-order valence-corrected chi connectivity index (χ0v) is 15.9. The van der Waals surface area contributed by atoms with Gasteiger partial charge in [0.15, 0.2) is 0 Å². The fourth-order valence-corrected chi connectivity index (χ4v) is 3.55. The van der Waals surface area contributed by atoms with E-state index in [1.54, 1.807) is 0 Å². The number of hydrazine groups is 3. The lowest BCUT2D eigenvalue weighted by atomic mass is 9.91. The Kier molecular flexibility index (Phi) is 5.83. The number of nitrogens with zero attached hydrogens (tertiary/aromatic N) is 2. The molecule has 1 aromatic heterocycles. The number of hydrogen-bond donors (Lipinski definition) is 8. The van der Waals surface area contributed by atoms with Crippen molar-refractivity contribution in [2.75, 3.05) is 10.6 Å². The number of amides is 1. The molecule has 2 aromatic rings. The van der Waals surface area contributed by atoms with Crippen LogP contribution in [0.4, 0.5) is 17.5 Å². The van der Waals surface area contributed by atoms with Crippen LogP contribution in [-0.4, -0.2) is 28.0 Å². The molecule has 1 aromatic carbocycles. The average molecular weight is 398 g/mol. The molecule has 1 aliphatic carbocycles. The summed E-state index contributed by atoms with van der Waals surface area (Å²) in [5.74, 6) is 0.182. The molecule has 154 valence electrons. The van der Waals surface area contributed by atoms with E-state index in [0.29, 0.717) is 11.8 Å². The average Bonchev–Trinajstić information content (AvgIpc) is 3.25. The largest absolute Gasteiger partial charge is 0.365 e. The maximum atomic E-state index is 11.8. The zero-order valence-electron chi connectivity index (χ0n) is 15.9. The first kappa shape index (κ1) is 19.5. The Morgan fingerprint density at radius 1 is 1.10 bits per heavy atom. The first-order valence-electron chi connectivity index (χ1n) is 9.67. The van der Waals surface area contributed by atoms with E-state index in [0.717, 1.165) is 36.9 Å². The molecule has 1 amide bonds. The Labute approximate surface area is 168 Å². The number of nitrogens with one attached hydrogen (secondary N) is 6. The summed E-state index contributed by atoms with van der Waals surface area (Å²) in [6.45, 7) is 0. The van der Waals surface area contributed by atoms with Crippen LogP contribution in [0.2, 0.25) is 0 Å². The summed E-state index contributed by atoms with van der Waals surface area (Å²) < 4.78 is 0. The van der Waals surface area contributed by atoms with Crippen molar-refractivity contribution in [2.24, 2.45) is 11.5 Å². The van der Waals surface area contributed by atoms with Crippen molar-refractivity contribution >= 4 is 23.4 Å². The molecule has 1 saturated carbocycles. The maximum absolute atomic E-state index is 11.8. The van der Waals surface area contributed by atoms with E-state index in [-0.39, 0.29) is 23.8 Å². The summed E-state index contributed by atoms with van der Waals surface area (Å²) in [5, 5.41) is 6.46. The van der Waals surface area contributed by atoms with Gasteiger partial charge < -0.3 is 22.1 Å². The summed E-state index contributed by atoms with van der Waals surface area (Å²) in [6.07, 6.45) is 5.59. The van der Waals surface area contributed by atoms with Crippen molar-refractivity contribution in [2.45, 2.75) is 43.9 Å². The lowest BCUT2D eigenvalue weighted by Crippen LogP contribution is -2.43. The van der Waals surface area contributed by atoms with Crippen LogP contribution in [0, 0.1) is 0 Å². The summed E-state index contributed by atoms with van der Waals surface area (Å²) in [5.41, 5.74) is 25.3. The Balaban J connectivity index is 1.52. The van der Waals surface area contributed by atoms with E-state index in [4.69, 9.17) is 11.5 Å². The van der Waals surface area contributed by atoms with Gasteiger partial charge in [-0.2, -0.15) is 16.1 Å². The molecule has 11 nitrogen and oxygen atoms in total. The molecule has 0 spiro atoms. The number of hydrogen-bond acceptors (Lipinski definition) is 10. The van der Waals surface area contributed by atoms with Crippen molar-refractivity contribution in [3.8, 4) is 0 Å². The van der Waals surface area contributed by atoms with Gasteiger partial charge in [-0.1, -0.05) is 25.0 Å². The molecule has 0 bridgehead atoms. The van der Waals surface area contributed by atoms with Gasteiger partial charge >= 0.3 is 0 Å². The molecule has 1 unspecified atom stereocenters. The third-order valence-electron chi connectivity index (χ3n) is 5.19.